The number of nitrogens with zero attached hydrogens (tertiary/aromatic N) is 2. The third-order valence-electron chi connectivity index (χ3n) is 6.53. The van der Waals surface area contributed by atoms with Gasteiger partial charge in [0, 0.05) is 37.3 Å². The number of benzene rings is 1. The SMILES string of the molecule is C=CCC1(CC=C)CCCN1C(=O)CC1C(=O)NCCN1C/C=C/c1ccccc1OC. The van der Waals surface area contributed by atoms with Crippen molar-refractivity contribution in [2.24, 2.45) is 0 Å². The van der Waals surface area contributed by atoms with E-state index in [1.54, 1.807) is 7.11 Å². The van der Waals surface area contributed by atoms with Crippen LogP contribution in [0.2, 0.25) is 0 Å². The molecule has 1 unspecified atom stereocenters. The third-order valence-corrected chi connectivity index (χ3v) is 6.53. The van der Waals surface area contributed by atoms with Crippen LogP contribution in [0.5, 0.6) is 5.75 Å². The number of hydrogen-bond acceptors (Lipinski definition) is 4. The lowest BCUT2D eigenvalue weighted by Gasteiger charge is -2.40. The van der Waals surface area contributed by atoms with Gasteiger partial charge in [-0.3, -0.25) is 14.5 Å². The first-order valence-electron chi connectivity index (χ1n) is 11.4. The van der Waals surface area contributed by atoms with Gasteiger partial charge in [-0.2, -0.15) is 0 Å². The van der Waals surface area contributed by atoms with E-state index < -0.39 is 6.04 Å². The molecule has 0 saturated carbocycles. The molecule has 32 heavy (non-hydrogen) atoms. The molecule has 2 fully saturated rings. The van der Waals surface area contributed by atoms with Crippen LogP contribution in [0.3, 0.4) is 0 Å². The van der Waals surface area contributed by atoms with Gasteiger partial charge in [0.1, 0.15) is 5.75 Å². The predicted octanol–water partition coefficient (Wildman–Crippen LogP) is 3.41. The number of ether oxygens (including phenoxy) is 1. The summed E-state index contributed by atoms with van der Waals surface area (Å²) in [6.07, 6.45) is 11.4. The van der Waals surface area contributed by atoms with Crippen LogP contribution in [0.4, 0.5) is 0 Å². The maximum atomic E-state index is 13.4. The minimum atomic E-state index is -0.468. The van der Waals surface area contributed by atoms with E-state index in [1.807, 2.05) is 53.5 Å². The van der Waals surface area contributed by atoms with Crippen molar-refractivity contribution in [2.45, 2.75) is 43.7 Å². The Morgan fingerprint density at radius 3 is 2.72 bits per heavy atom. The van der Waals surface area contributed by atoms with Crippen molar-refractivity contribution >= 4 is 17.9 Å². The minimum Gasteiger partial charge on any atom is -0.496 e. The van der Waals surface area contributed by atoms with Gasteiger partial charge in [0.05, 0.1) is 19.6 Å². The van der Waals surface area contributed by atoms with Crippen molar-refractivity contribution in [3.8, 4) is 5.75 Å². The van der Waals surface area contributed by atoms with Gasteiger partial charge in [0.15, 0.2) is 0 Å². The number of likely N-dealkylation sites (tertiary alicyclic amines) is 1. The van der Waals surface area contributed by atoms with Gasteiger partial charge in [0.2, 0.25) is 11.8 Å². The Morgan fingerprint density at radius 2 is 2.00 bits per heavy atom. The Bertz CT molecular complexity index is 854. The zero-order chi connectivity index (χ0) is 23.0. The Morgan fingerprint density at radius 1 is 1.25 bits per heavy atom. The summed E-state index contributed by atoms with van der Waals surface area (Å²) in [7, 11) is 1.65. The van der Waals surface area contributed by atoms with Crippen LogP contribution in [-0.2, 0) is 9.59 Å². The lowest BCUT2D eigenvalue weighted by Crippen LogP contribution is -2.57. The Hall–Kier alpha value is -2.86. The van der Waals surface area contributed by atoms with E-state index in [9.17, 15) is 9.59 Å². The first-order chi connectivity index (χ1) is 15.5. The van der Waals surface area contributed by atoms with Crippen LogP contribution in [0.1, 0.15) is 37.7 Å². The maximum Gasteiger partial charge on any atom is 0.237 e. The largest absolute Gasteiger partial charge is 0.496 e. The fourth-order valence-corrected chi connectivity index (χ4v) is 4.97. The summed E-state index contributed by atoms with van der Waals surface area (Å²) < 4.78 is 5.40. The Labute approximate surface area is 191 Å². The van der Waals surface area contributed by atoms with E-state index in [2.05, 4.69) is 23.4 Å². The highest BCUT2D eigenvalue weighted by Gasteiger charge is 2.43. The van der Waals surface area contributed by atoms with Crippen molar-refractivity contribution in [3.05, 3.63) is 61.2 Å². The van der Waals surface area contributed by atoms with Crippen LogP contribution >= 0.6 is 0 Å². The number of rotatable bonds is 10. The second kappa shape index (κ2) is 11.1. The summed E-state index contributed by atoms with van der Waals surface area (Å²) >= 11 is 0. The van der Waals surface area contributed by atoms with E-state index in [0.29, 0.717) is 19.6 Å². The summed E-state index contributed by atoms with van der Waals surface area (Å²) in [5.74, 6) is 0.765. The summed E-state index contributed by atoms with van der Waals surface area (Å²) in [6.45, 7) is 10.4. The monoisotopic (exact) mass is 437 g/mol. The smallest absolute Gasteiger partial charge is 0.237 e. The van der Waals surface area contributed by atoms with E-state index in [0.717, 1.165) is 43.5 Å². The van der Waals surface area contributed by atoms with Gasteiger partial charge in [-0.25, -0.2) is 0 Å². The van der Waals surface area contributed by atoms with Gasteiger partial charge in [-0.05, 0) is 31.7 Å². The number of methoxy groups -OCH3 is 1. The molecule has 0 spiro atoms. The maximum absolute atomic E-state index is 13.4. The van der Waals surface area contributed by atoms with Crippen LogP contribution in [-0.4, -0.2) is 66.5 Å². The summed E-state index contributed by atoms with van der Waals surface area (Å²) in [5, 5.41) is 2.93. The average Bonchev–Trinajstić information content (AvgIpc) is 3.20. The molecule has 6 heteroatoms. The number of carbonyl (C=O) groups excluding carboxylic acids is 2. The quantitative estimate of drug-likeness (QED) is 0.570. The topological polar surface area (TPSA) is 61.9 Å². The number of carbonyl (C=O) groups is 2. The van der Waals surface area contributed by atoms with Gasteiger partial charge in [0.25, 0.3) is 0 Å². The number of para-hydroxylation sites is 1. The molecule has 0 aliphatic carbocycles. The zero-order valence-corrected chi connectivity index (χ0v) is 19.1. The van der Waals surface area contributed by atoms with Gasteiger partial charge in [-0.15, -0.1) is 13.2 Å². The molecule has 1 aromatic carbocycles. The standard InChI is InChI=1S/C26H35N3O3/c1-4-13-26(14-5-2)15-9-18-29(26)24(30)20-22-25(31)27-16-19-28(22)17-8-11-21-10-6-7-12-23(21)32-3/h4-8,10-12,22H,1-2,9,13-20H2,3H3,(H,27,31)/b11-8+. The molecule has 0 bridgehead atoms. The van der Waals surface area contributed by atoms with Gasteiger partial charge < -0.3 is 15.0 Å². The molecule has 172 valence electrons. The second-order valence-corrected chi connectivity index (χ2v) is 8.51. The van der Waals surface area contributed by atoms with Crippen LogP contribution < -0.4 is 10.1 Å². The summed E-state index contributed by atoms with van der Waals surface area (Å²) in [5.41, 5.74) is 0.736. The fourth-order valence-electron chi connectivity index (χ4n) is 4.97. The van der Waals surface area contributed by atoms with Crippen LogP contribution in [0.25, 0.3) is 6.08 Å². The number of amides is 2. The van der Waals surface area contributed by atoms with Gasteiger partial charge in [-0.1, -0.05) is 42.5 Å². The Balaban J connectivity index is 1.70. The fraction of sp³-hybridized carbons (Fsp3) is 0.462. The molecule has 0 aromatic heterocycles. The van der Waals surface area contributed by atoms with Crippen molar-refractivity contribution in [3.63, 3.8) is 0 Å². The highest BCUT2D eigenvalue weighted by Crippen LogP contribution is 2.37. The minimum absolute atomic E-state index is 0.0342. The highest BCUT2D eigenvalue weighted by atomic mass is 16.5. The van der Waals surface area contributed by atoms with Crippen LogP contribution in [0, 0.1) is 0 Å². The second-order valence-electron chi connectivity index (χ2n) is 8.51. The molecule has 2 amide bonds. The molecule has 2 saturated heterocycles. The molecule has 1 N–H and O–H groups in total. The van der Waals surface area contributed by atoms with E-state index in [1.165, 1.54) is 0 Å². The first-order valence-corrected chi connectivity index (χ1v) is 11.4. The Kier molecular flexibility index (Phi) is 8.28. The van der Waals surface area contributed by atoms with E-state index in [-0.39, 0.29) is 23.8 Å². The molecule has 1 atom stereocenters. The molecule has 2 aliphatic rings. The molecule has 2 heterocycles. The number of piperazine rings is 1. The molecule has 0 radical (unpaired) electrons. The van der Waals surface area contributed by atoms with Gasteiger partial charge >= 0.3 is 0 Å². The van der Waals surface area contributed by atoms with E-state index in [4.69, 9.17) is 4.74 Å². The van der Waals surface area contributed by atoms with Crippen molar-refractivity contribution in [1.82, 2.24) is 15.1 Å². The predicted molar refractivity (Wildman–Crippen MR) is 128 cm³/mol. The molecule has 2 aliphatic heterocycles. The first kappa shape index (κ1) is 23.8. The third kappa shape index (κ3) is 5.30. The highest BCUT2D eigenvalue weighted by molar-refractivity contribution is 5.89. The number of hydrogen-bond donors (Lipinski definition) is 1. The normalized spacial score (nSPS) is 20.8. The lowest BCUT2D eigenvalue weighted by molar-refractivity contribution is -0.141. The van der Waals surface area contributed by atoms with Crippen molar-refractivity contribution in [2.75, 3.05) is 33.3 Å². The summed E-state index contributed by atoms with van der Waals surface area (Å²) in [4.78, 5) is 30.1. The van der Waals surface area contributed by atoms with Crippen LogP contribution in [0.15, 0.2) is 55.7 Å². The molecule has 6 nitrogen and oxygen atoms in total. The summed E-state index contributed by atoms with van der Waals surface area (Å²) in [6, 6.07) is 7.34. The molecule has 3 rings (SSSR count). The van der Waals surface area contributed by atoms with Crippen molar-refractivity contribution in [1.29, 1.82) is 0 Å². The zero-order valence-electron chi connectivity index (χ0n) is 19.1. The van der Waals surface area contributed by atoms with Crippen molar-refractivity contribution < 1.29 is 14.3 Å². The molecular weight excluding hydrogens is 402 g/mol. The average molecular weight is 438 g/mol. The lowest BCUT2D eigenvalue weighted by atomic mass is 9.87. The van der Waals surface area contributed by atoms with E-state index >= 15 is 0 Å². The molecule has 1 aromatic rings. The molecular formula is C26H35N3O3. The number of nitrogens with one attached hydrogen (secondary N) is 1.